The second-order valence-electron chi connectivity index (χ2n) is 5.99. The highest BCUT2D eigenvalue weighted by Crippen LogP contribution is 2.19. The normalized spacial score (nSPS) is 18.5. The number of benzene rings is 2. The molecule has 138 valence electrons. The molecule has 0 unspecified atom stereocenters. The number of aldehydes is 1. The molecule has 1 fully saturated rings. The quantitative estimate of drug-likeness (QED) is 0.713. The molecule has 1 saturated heterocycles. The molecule has 3 rings (SSSR count). The van der Waals surface area contributed by atoms with Crippen LogP contribution < -0.4 is 9.47 Å². The summed E-state index contributed by atoms with van der Waals surface area (Å²) in [4.78, 5) is 16.3. The Morgan fingerprint density at radius 2 is 2.08 bits per heavy atom. The van der Waals surface area contributed by atoms with Gasteiger partial charge in [-0.2, -0.15) is 5.06 Å². The maximum Gasteiger partial charge on any atom is 0.150 e. The summed E-state index contributed by atoms with van der Waals surface area (Å²) < 4.78 is 11.3. The number of hydrogen-bond donors (Lipinski definition) is 1. The van der Waals surface area contributed by atoms with Crippen LogP contribution in [-0.4, -0.2) is 55.0 Å². The first-order valence-corrected chi connectivity index (χ1v) is 8.66. The third-order valence-electron chi connectivity index (χ3n) is 3.82. The van der Waals surface area contributed by atoms with Crippen molar-refractivity contribution >= 4 is 17.9 Å². The largest absolute Gasteiger partial charge is 0.491 e. The van der Waals surface area contributed by atoms with Crippen LogP contribution in [0.2, 0.25) is 5.02 Å². The van der Waals surface area contributed by atoms with E-state index in [1.807, 2.05) is 0 Å². The average molecular weight is 378 g/mol. The summed E-state index contributed by atoms with van der Waals surface area (Å²) in [5.41, 5.74) is 0.530. The molecule has 26 heavy (non-hydrogen) atoms. The van der Waals surface area contributed by atoms with Gasteiger partial charge >= 0.3 is 0 Å². The number of hydrogen-bond acceptors (Lipinski definition) is 6. The van der Waals surface area contributed by atoms with Gasteiger partial charge in [0.1, 0.15) is 43.2 Å². The van der Waals surface area contributed by atoms with Crippen LogP contribution in [0, 0.1) is 0 Å². The number of rotatable bonds is 8. The summed E-state index contributed by atoms with van der Waals surface area (Å²) in [5.74, 6) is 1.27. The Labute approximate surface area is 156 Å². The minimum absolute atomic E-state index is 0.102. The second kappa shape index (κ2) is 9.00. The van der Waals surface area contributed by atoms with E-state index in [4.69, 9.17) is 25.9 Å². The number of aliphatic hydroxyl groups excluding tert-OH is 1. The van der Waals surface area contributed by atoms with Crippen LogP contribution in [0.4, 0.5) is 0 Å². The fourth-order valence-electron chi connectivity index (χ4n) is 2.58. The highest BCUT2D eigenvalue weighted by Gasteiger charge is 2.27. The Bertz CT molecular complexity index is 724. The standard InChI is InChI=1S/C19H20ClNO5/c20-15-4-6-17(7-5-15)26-19-10-21(25-13-19)9-16(23)12-24-18-3-1-2-14(8-18)11-22/h1-8,11,16,19,23H,9-10,12-13H2/t16-,19-/m1/s1. The monoisotopic (exact) mass is 377 g/mol. The molecule has 0 radical (unpaired) electrons. The Morgan fingerprint density at radius 1 is 1.27 bits per heavy atom. The SMILES string of the molecule is O=Cc1cccc(OC[C@H](O)CN2C[C@@H](Oc3ccc(Cl)cc3)CO2)c1. The summed E-state index contributed by atoms with van der Waals surface area (Å²) in [7, 11) is 0. The van der Waals surface area contributed by atoms with Gasteiger partial charge in [-0.3, -0.25) is 9.63 Å². The maximum absolute atomic E-state index is 10.8. The highest BCUT2D eigenvalue weighted by molar-refractivity contribution is 6.30. The van der Waals surface area contributed by atoms with E-state index in [9.17, 15) is 9.90 Å². The van der Waals surface area contributed by atoms with E-state index in [0.717, 1.165) is 12.0 Å². The third kappa shape index (κ3) is 5.44. The van der Waals surface area contributed by atoms with Gasteiger partial charge < -0.3 is 14.6 Å². The van der Waals surface area contributed by atoms with Crippen molar-refractivity contribution in [2.45, 2.75) is 12.2 Å². The average Bonchev–Trinajstić information content (AvgIpc) is 3.09. The zero-order valence-corrected chi connectivity index (χ0v) is 14.8. The Morgan fingerprint density at radius 3 is 2.85 bits per heavy atom. The van der Waals surface area contributed by atoms with Crippen LogP contribution >= 0.6 is 11.6 Å². The molecule has 0 aliphatic carbocycles. The van der Waals surface area contributed by atoms with Crippen molar-refractivity contribution in [1.82, 2.24) is 5.06 Å². The molecule has 1 aliphatic rings. The predicted molar refractivity (Wildman–Crippen MR) is 96.7 cm³/mol. The van der Waals surface area contributed by atoms with Crippen molar-refractivity contribution in [2.75, 3.05) is 26.3 Å². The summed E-state index contributed by atoms with van der Waals surface area (Å²) in [6.45, 7) is 1.36. The van der Waals surface area contributed by atoms with E-state index in [0.29, 0.717) is 36.0 Å². The Kier molecular flexibility index (Phi) is 6.46. The molecule has 7 heteroatoms. The minimum atomic E-state index is -0.732. The van der Waals surface area contributed by atoms with Gasteiger partial charge in [-0.05, 0) is 36.4 Å². The molecule has 0 aromatic heterocycles. The topological polar surface area (TPSA) is 68.2 Å². The lowest BCUT2D eigenvalue weighted by Crippen LogP contribution is -2.34. The first kappa shape index (κ1) is 18.7. The minimum Gasteiger partial charge on any atom is -0.491 e. The van der Waals surface area contributed by atoms with Crippen molar-refractivity contribution in [2.24, 2.45) is 0 Å². The van der Waals surface area contributed by atoms with Crippen molar-refractivity contribution < 1.29 is 24.2 Å². The zero-order valence-electron chi connectivity index (χ0n) is 14.1. The molecule has 1 heterocycles. The van der Waals surface area contributed by atoms with Gasteiger partial charge in [0.15, 0.2) is 0 Å². The van der Waals surface area contributed by atoms with Gasteiger partial charge in [-0.15, -0.1) is 0 Å². The number of β-amino-alcohol motifs (C(OH)–C–C–N with tert-alkyl or cyclic N) is 1. The van der Waals surface area contributed by atoms with Gasteiger partial charge in [0.05, 0.1) is 13.1 Å². The number of aliphatic hydroxyl groups is 1. The van der Waals surface area contributed by atoms with E-state index in [-0.39, 0.29) is 12.7 Å². The lowest BCUT2D eigenvalue weighted by Gasteiger charge is -2.19. The predicted octanol–water partition coefficient (Wildman–Crippen LogP) is 2.59. The van der Waals surface area contributed by atoms with E-state index in [1.54, 1.807) is 53.6 Å². The zero-order chi connectivity index (χ0) is 18.4. The van der Waals surface area contributed by atoms with Gasteiger partial charge in [0.25, 0.3) is 0 Å². The number of carbonyl (C=O) groups excluding carboxylic acids is 1. The summed E-state index contributed by atoms with van der Waals surface area (Å²) >= 11 is 5.85. The van der Waals surface area contributed by atoms with Crippen LogP contribution in [0.3, 0.4) is 0 Å². The van der Waals surface area contributed by atoms with Crippen molar-refractivity contribution in [1.29, 1.82) is 0 Å². The molecule has 0 saturated carbocycles. The molecule has 0 spiro atoms. The third-order valence-corrected chi connectivity index (χ3v) is 4.07. The second-order valence-corrected chi connectivity index (χ2v) is 6.43. The van der Waals surface area contributed by atoms with Crippen molar-refractivity contribution in [3.63, 3.8) is 0 Å². The number of carbonyl (C=O) groups is 1. The maximum atomic E-state index is 10.8. The molecule has 0 bridgehead atoms. The number of halogens is 1. The van der Waals surface area contributed by atoms with Crippen molar-refractivity contribution in [3.8, 4) is 11.5 Å². The Balaban J connectivity index is 1.41. The van der Waals surface area contributed by atoms with E-state index < -0.39 is 6.10 Å². The lowest BCUT2D eigenvalue weighted by molar-refractivity contribution is -0.131. The molecule has 1 aliphatic heterocycles. The summed E-state index contributed by atoms with van der Waals surface area (Å²) in [6.07, 6.45) is -0.0972. The summed E-state index contributed by atoms with van der Waals surface area (Å²) in [5, 5.41) is 12.5. The number of ether oxygens (including phenoxy) is 2. The smallest absolute Gasteiger partial charge is 0.150 e. The molecule has 6 nitrogen and oxygen atoms in total. The number of nitrogens with zero attached hydrogens (tertiary/aromatic N) is 1. The number of hydroxylamine groups is 2. The van der Waals surface area contributed by atoms with Crippen LogP contribution in [0.15, 0.2) is 48.5 Å². The van der Waals surface area contributed by atoms with Gasteiger partial charge in [-0.1, -0.05) is 23.7 Å². The van der Waals surface area contributed by atoms with Crippen molar-refractivity contribution in [3.05, 3.63) is 59.1 Å². The highest BCUT2D eigenvalue weighted by atomic mass is 35.5. The fourth-order valence-corrected chi connectivity index (χ4v) is 2.71. The molecular weight excluding hydrogens is 358 g/mol. The molecule has 2 aromatic rings. The fraction of sp³-hybridized carbons (Fsp3) is 0.316. The van der Waals surface area contributed by atoms with Gasteiger partial charge in [-0.25, -0.2) is 0 Å². The van der Waals surface area contributed by atoms with Crippen LogP contribution in [0.25, 0.3) is 0 Å². The first-order chi connectivity index (χ1) is 12.6. The van der Waals surface area contributed by atoms with Crippen LogP contribution in [0.5, 0.6) is 11.5 Å². The van der Waals surface area contributed by atoms with Crippen LogP contribution in [0.1, 0.15) is 10.4 Å². The molecule has 2 atom stereocenters. The van der Waals surface area contributed by atoms with E-state index in [2.05, 4.69) is 0 Å². The van der Waals surface area contributed by atoms with E-state index >= 15 is 0 Å². The van der Waals surface area contributed by atoms with Gasteiger partial charge in [0.2, 0.25) is 0 Å². The van der Waals surface area contributed by atoms with E-state index in [1.165, 1.54) is 0 Å². The van der Waals surface area contributed by atoms with Gasteiger partial charge in [0, 0.05) is 10.6 Å². The first-order valence-electron chi connectivity index (χ1n) is 8.28. The van der Waals surface area contributed by atoms with Crippen LogP contribution in [-0.2, 0) is 4.84 Å². The lowest BCUT2D eigenvalue weighted by atomic mass is 10.2. The molecule has 1 N–H and O–H groups in total. The molecular formula is C19H20ClNO5. The molecule has 0 amide bonds. The summed E-state index contributed by atoms with van der Waals surface area (Å²) in [6, 6.07) is 13.9. The Hall–Kier alpha value is -2.12. The molecule has 2 aromatic carbocycles.